The van der Waals surface area contributed by atoms with Crippen molar-refractivity contribution < 1.29 is 14.5 Å². The Bertz CT molecular complexity index is 769. The minimum Gasteiger partial charge on any atom is -0.462 e. The Morgan fingerprint density at radius 2 is 2.13 bits per heavy atom. The number of anilines is 1. The lowest BCUT2D eigenvalue weighted by atomic mass is 10.1. The normalized spacial score (nSPS) is 14.2. The first-order valence-corrected chi connectivity index (χ1v) is 7.61. The molecule has 0 atom stereocenters. The second-order valence-electron chi connectivity index (χ2n) is 5.39. The van der Waals surface area contributed by atoms with Crippen molar-refractivity contribution in [2.45, 2.75) is 19.8 Å². The molecule has 0 radical (unpaired) electrons. The number of carbonyl (C=O) groups excluding carboxylic acids is 1. The number of nitro benzene ring substituents is 1. The highest BCUT2D eigenvalue weighted by Crippen LogP contribution is 2.34. The van der Waals surface area contributed by atoms with Crippen molar-refractivity contribution >= 4 is 28.2 Å². The molecule has 120 valence electrons. The number of hydrogen-bond donors (Lipinski definition) is 0. The van der Waals surface area contributed by atoms with E-state index < -0.39 is 10.9 Å². The minimum absolute atomic E-state index is 0.0132. The van der Waals surface area contributed by atoms with Gasteiger partial charge < -0.3 is 9.64 Å². The number of non-ortho nitro benzene ring substituents is 1. The summed E-state index contributed by atoms with van der Waals surface area (Å²) in [4.78, 5) is 29.3. The molecule has 23 heavy (non-hydrogen) atoms. The van der Waals surface area contributed by atoms with Gasteiger partial charge in [0.05, 0.1) is 22.7 Å². The summed E-state index contributed by atoms with van der Waals surface area (Å²) in [6.07, 6.45) is 3.56. The van der Waals surface area contributed by atoms with Crippen LogP contribution in [-0.4, -0.2) is 35.6 Å². The highest BCUT2D eigenvalue weighted by Gasteiger charge is 2.24. The van der Waals surface area contributed by atoms with Gasteiger partial charge in [-0.25, -0.2) is 4.79 Å². The van der Waals surface area contributed by atoms with Gasteiger partial charge in [0.1, 0.15) is 5.56 Å². The molecule has 1 aliphatic heterocycles. The van der Waals surface area contributed by atoms with Gasteiger partial charge in [-0.1, -0.05) is 0 Å². The van der Waals surface area contributed by atoms with Crippen LogP contribution in [0.4, 0.5) is 11.4 Å². The molecular weight excluding hydrogens is 298 g/mol. The SMILES string of the molecule is CCOC(=O)c1cnc2ccc([N+](=O)[O-])cc2c1N1CCCC1. The quantitative estimate of drug-likeness (QED) is 0.490. The van der Waals surface area contributed by atoms with Crippen LogP contribution in [-0.2, 0) is 4.74 Å². The van der Waals surface area contributed by atoms with Crippen LogP contribution < -0.4 is 4.90 Å². The molecule has 3 rings (SSSR count). The van der Waals surface area contributed by atoms with Gasteiger partial charge in [0.25, 0.3) is 5.69 Å². The van der Waals surface area contributed by atoms with E-state index in [1.54, 1.807) is 13.0 Å². The Morgan fingerprint density at radius 3 is 2.78 bits per heavy atom. The summed E-state index contributed by atoms with van der Waals surface area (Å²) in [5.74, 6) is -0.449. The zero-order chi connectivity index (χ0) is 16.4. The average molecular weight is 315 g/mol. The molecule has 2 aromatic rings. The molecule has 0 unspecified atom stereocenters. The number of rotatable bonds is 4. The summed E-state index contributed by atoms with van der Waals surface area (Å²) < 4.78 is 5.12. The molecule has 1 fully saturated rings. The molecule has 0 aliphatic carbocycles. The highest BCUT2D eigenvalue weighted by molar-refractivity contribution is 6.05. The third-order valence-corrected chi connectivity index (χ3v) is 3.95. The highest BCUT2D eigenvalue weighted by atomic mass is 16.6. The molecule has 2 heterocycles. The van der Waals surface area contributed by atoms with Crippen LogP contribution in [0, 0.1) is 10.1 Å². The standard InChI is InChI=1S/C16H17N3O4/c1-2-23-16(20)13-10-17-14-6-5-11(19(21)22)9-12(14)15(13)18-7-3-4-8-18/h5-6,9-10H,2-4,7-8H2,1H3. The smallest absolute Gasteiger partial charge is 0.341 e. The first-order chi connectivity index (χ1) is 11.1. The minimum atomic E-state index is -0.449. The summed E-state index contributed by atoms with van der Waals surface area (Å²) in [6, 6.07) is 4.52. The maximum Gasteiger partial charge on any atom is 0.341 e. The number of pyridine rings is 1. The second kappa shape index (κ2) is 6.20. The molecular formula is C16H17N3O4. The van der Waals surface area contributed by atoms with E-state index in [-0.39, 0.29) is 12.3 Å². The average Bonchev–Trinajstić information content (AvgIpc) is 3.07. The number of aromatic nitrogens is 1. The molecule has 0 saturated carbocycles. The number of ether oxygens (including phenoxy) is 1. The van der Waals surface area contributed by atoms with Crippen molar-refractivity contribution in [1.82, 2.24) is 4.98 Å². The van der Waals surface area contributed by atoms with Gasteiger partial charge in [-0.05, 0) is 25.8 Å². The van der Waals surface area contributed by atoms with Crippen LogP contribution in [0.15, 0.2) is 24.4 Å². The summed E-state index contributed by atoms with van der Waals surface area (Å²) in [7, 11) is 0. The second-order valence-corrected chi connectivity index (χ2v) is 5.39. The summed E-state index contributed by atoms with van der Waals surface area (Å²) >= 11 is 0. The Labute approximate surface area is 133 Å². The van der Waals surface area contributed by atoms with Gasteiger partial charge in [-0.2, -0.15) is 0 Å². The van der Waals surface area contributed by atoms with Gasteiger partial charge in [-0.3, -0.25) is 15.1 Å². The number of esters is 1. The lowest BCUT2D eigenvalue weighted by molar-refractivity contribution is -0.384. The van der Waals surface area contributed by atoms with Crippen LogP contribution in [0.3, 0.4) is 0 Å². The van der Waals surface area contributed by atoms with E-state index in [4.69, 9.17) is 4.74 Å². The summed E-state index contributed by atoms with van der Waals surface area (Å²) in [6.45, 7) is 3.64. The van der Waals surface area contributed by atoms with E-state index in [9.17, 15) is 14.9 Å². The van der Waals surface area contributed by atoms with E-state index in [0.717, 1.165) is 25.9 Å². The van der Waals surface area contributed by atoms with E-state index in [2.05, 4.69) is 9.88 Å². The fraction of sp³-hybridized carbons (Fsp3) is 0.375. The van der Waals surface area contributed by atoms with Gasteiger partial charge in [0.15, 0.2) is 0 Å². The molecule has 7 nitrogen and oxygen atoms in total. The fourth-order valence-corrected chi connectivity index (χ4v) is 2.92. The maximum absolute atomic E-state index is 12.3. The van der Waals surface area contributed by atoms with Gasteiger partial charge in [-0.15, -0.1) is 0 Å². The predicted octanol–water partition coefficient (Wildman–Crippen LogP) is 2.92. The molecule has 0 spiro atoms. The number of nitrogens with zero attached hydrogens (tertiary/aromatic N) is 3. The van der Waals surface area contributed by atoms with E-state index in [0.29, 0.717) is 22.2 Å². The van der Waals surface area contributed by atoms with Crippen molar-refractivity contribution in [2.24, 2.45) is 0 Å². The zero-order valence-electron chi connectivity index (χ0n) is 12.8. The predicted molar refractivity (Wildman–Crippen MR) is 85.8 cm³/mol. The monoisotopic (exact) mass is 315 g/mol. The number of carbonyl (C=O) groups is 1. The molecule has 7 heteroatoms. The van der Waals surface area contributed by atoms with E-state index in [1.807, 2.05) is 0 Å². The molecule has 0 N–H and O–H groups in total. The molecule has 1 aromatic carbocycles. The number of hydrogen-bond acceptors (Lipinski definition) is 6. The molecule has 0 amide bonds. The van der Waals surface area contributed by atoms with Crippen LogP contribution in [0.25, 0.3) is 10.9 Å². The Morgan fingerprint density at radius 1 is 1.39 bits per heavy atom. The summed E-state index contributed by atoms with van der Waals surface area (Å²) in [5.41, 5.74) is 1.67. The lowest BCUT2D eigenvalue weighted by Crippen LogP contribution is -2.22. The number of fused-ring (bicyclic) bond motifs is 1. The van der Waals surface area contributed by atoms with Crippen molar-refractivity contribution in [3.05, 3.63) is 40.1 Å². The van der Waals surface area contributed by atoms with Gasteiger partial charge >= 0.3 is 5.97 Å². The maximum atomic E-state index is 12.3. The topological polar surface area (TPSA) is 85.6 Å². The zero-order valence-corrected chi connectivity index (χ0v) is 12.8. The van der Waals surface area contributed by atoms with Crippen LogP contribution in [0.2, 0.25) is 0 Å². The fourth-order valence-electron chi connectivity index (χ4n) is 2.92. The van der Waals surface area contributed by atoms with E-state index >= 15 is 0 Å². The lowest BCUT2D eigenvalue weighted by Gasteiger charge is -2.22. The Balaban J connectivity index is 2.23. The first-order valence-electron chi connectivity index (χ1n) is 7.61. The number of benzene rings is 1. The van der Waals surface area contributed by atoms with Crippen LogP contribution in [0.1, 0.15) is 30.1 Å². The van der Waals surface area contributed by atoms with Crippen molar-refractivity contribution in [3.8, 4) is 0 Å². The summed E-state index contributed by atoms with van der Waals surface area (Å²) in [5, 5.41) is 11.7. The van der Waals surface area contributed by atoms with Crippen LogP contribution in [0.5, 0.6) is 0 Å². The van der Waals surface area contributed by atoms with Crippen LogP contribution >= 0.6 is 0 Å². The van der Waals surface area contributed by atoms with Gasteiger partial charge in [0, 0.05) is 36.8 Å². The molecule has 1 aromatic heterocycles. The molecule has 0 bridgehead atoms. The van der Waals surface area contributed by atoms with Crippen molar-refractivity contribution in [3.63, 3.8) is 0 Å². The third-order valence-electron chi connectivity index (χ3n) is 3.95. The Kier molecular flexibility index (Phi) is 4.10. The molecule has 1 saturated heterocycles. The third kappa shape index (κ3) is 2.81. The first kappa shape index (κ1) is 15.2. The Hall–Kier alpha value is -2.70. The number of nitro groups is 1. The van der Waals surface area contributed by atoms with Gasteiger partial charge in [0.2, 0.25) is 0 Å². The van der Waals surface area contributed by atoms with E-state index in [1.165, 1.54) is 18.3 Å². The van der Waals surface area contributed by atoms with Crippen molar-refractivity contribution in [2.75, 3.05) is 24.6 Å². The molecule has 1 aliphatic rings. The van der Waals surface area contributed by atoms with Crippen molar-refractivity contribution in [1.29, 1.82) is 0 Å². The largest absolute Gasteiger partial charge is 0.462 e.